The summed E-state index contributed by atoms with van der Waals surface area (Å²) in [6.45, 7) is 4.44. The lowest BCUT2D eigenvalue weighted by Crippen LogP contribution is -2.46. The minimum Gasteiger partial charge on any atom is -0.465 e. The van der Waals surface area contributed by atoms with E-state index in [2.05, 4.69) is 0 Å². The molecule has 0 spiro atoms. The number of amides is 1. The fourth-order valence-electron chi connectivity index (χ4n) is 2.82. The first-order valence-electron chi connectivity index (χ1n) is 8.04. The van der Waals surface area contributed by atoms with Crippen LogP contribution in [0.25, 0.3) is 0 Å². The number of piperidine rings is 1. The molecular formula is C18H23NO4. The van der Waals surface area contributed by atoms with Gasteiger partial charge in [-0.15, -0.1) is 0 Å². The summed E-state index contributed by atoms with van der Waals surface area (Å²) < 4.78 is 4.90. The first-order chi connectivity index (χ1) is 11.0. The van der Waals surface area contributed by atoms with Gasteiger partial charge in [0.15, 0.2) is 5.78 Å². The van der Waals surface area contributed by atoms with Gasteiger partial charge in [-0.2, -0.15) is 0 Å². The van der Waals surface area contributed by atoms with Gasteiger partial charge in [-0.1, -0.05) is 24.3 Å². The Hall–Kier alpha value is -2.17. The molecule has 1 fully saturated rings. The van der Waals surface area contributed by atoms with Crippen LogP contribution in [0.5, 0.6) is 0 Å². The third-order valence-corrected chi connectivity index (χ3v) is 4.22. The molecule has 2 rings (SSSR count). The molecular weight excluding hydrogens is 294 g/mol. The molecule has 1 aliphatic rings. The number of hydrogen-bond acceptors (Lipinski definition) is 4. The predicted molar refractivity (Wildman–Crippen MR) is 85.8 cm³/mol. The maximum absolute atomic E-state index is 12.3. The molecule has 1 atom stereocenters. The largest absolute Gasteiger partial charge is 0.465 e. The average molecular weight is 317 g/mol. The zero-order chi connectivity index (χ0) is 16.8. The molecule has 1 heterocycles. The van der Waals surface area contributed by atoms with Crippen LogP contribution in [0.2, 0.25) is 0 Å². The molecule has 5 nitrogen and oxygen atoms in total. The molecule has 1 unspecified atom stereocenters. The van der Waals surface area contributed by atoms with Crippen LogP contribution in [0.15, 0.2) is 24.3 Å². The quantitative estimate of drug-likeness (QED) is 0.615. The Balaban J connectivity index is 1.86. The highest BCUT2D eigenvalue weighted by molar-refractivity contribution is 6.01. The van der Waals surface area contributed by atoms with Gasteiger partial charge in [-0.3, -0.25) is 14.4 Å². The highest BCUT2D eigenvalue weighted by atomic mass is 16.5. The van der Waals surface area contributed by atoms with Gasteiger partial charge in [-0.05, 0) is 37.8 Å². The van der Waals surface area contributed by atoms with Crippen molar-refractivity contribution in [2.45, 2.75) is 33.1 Å². The third-order valence-electron chi connectivity index (χ3n) is 4.22. The minimum atomic E-state index is -0.713. The van der Waals surface area contributed by atoms with Crippen molar-refractivity contribution in [2.24, 2.45) is 5.92 Å². The number of aryl methyl sites for hydroxylation is 2. The molecule has 1 saturated heterocycles. The number of hydrogen-bond donors (Lipinski definition) is 0. The summed E-state index contributed by atoms with van der Waals surface area (Å²) in [6.07, 6.45) is 1.40. The predicted octanol–water partition coefficient (Wildman–Crippen LogP) is 1.91. The number of esters is 1. The van der Waals surface area contributed by atoms with E-state index in [1.807, 2.05) is 31.2 Å². The van der Waals surface area contributed by atoms with Crippen LogP contribution in [0.4, 0.5) is 0 Å². The number of benzene rings is 1. The number of ketones is 1. The van der Waals surface area contributed by atoms with E-state index in [9.17, 15) is 14.4 Å². The Bertz CT molecular complexity index is 596. The SMILES string of the molecule is CCOC(=O)C1CCN(C(=O)CCc2ccccc2C)CC1=O. The van der Waals surface area contributed by atoms with Gasteiger partial charge in [0.1, 0.15) is 5.92 Å². The highest BCUT2D eigenvalue weighted by Crippen LogP contribution is 2.17. The molecule has 1 amide bonds. The second-order valence-corrected chi connectivity index (χ2v) is 5.80. The zero-order valence-corrected chi connectivity index (χ0v) is 13.7. The van der Waals surface area contributed by atoms with Crippen molar-refractivity contribution in [2.75, 3.05) is 19.7 Å². The summed E-state index contributed by atoms with van der Waals surface area (Å²) in [5.74, 6) is -1.44. The Morgan fingerprint density at radius 3 is 2.70 bits per heavy atom. The van der Waals surface area contributed by atoms with Crippen LogP contribution in [-0.2, 0) is 25.5 Å². The number of likely N-dealkylation sites (tertiary alicyclic amines) is 1. The second-order valence-electron chi connectivity index (χ2n) is 5.80. The monoisotopic (exact) mass is 317 g/mol. The van der Waals surface area contributed by atoms with Crippen LogP contribution in [-0.4, -0.2) is 42.3 Å². The fourth-order valence-corrected chi connectivity index (χ4v) is 2.82. The topological polar surface area (TPSA) is 63.7 Å². The Kier molecular flexibility index (Phi) is 5.90. The van der Waals surface area contributed by atoms with Gasteiger partial charge >= 0.3 is 5.97 Å². The van der Waals surface area contributed by atoms with E-state index in [1.54, 1.807) is 11.8 Å². The molecule has 1 aliphatic heterocycles. The molecule has 0 aliphatic carbocycles. The molecule has 0 saturated carbocycles. The van der Waals surface area contributed by atoms with Gasteiger partial charge in [0.2, 0.25) is 5.91 Å². The second kappa shape index (κ2) is 7.90. The molecule has 0 N–H and O–H groups in total. The fraction of sp³-hybridized carbons (Fsp3) is 0.500. The molecule has 124 valence electrons. The van der Waals surface area contributed by atoms with Crippen molar-refractivity contribution in [3.63, 3.8) is 0 Å². The molecule has 1 aromatic rings. The van der Waals surface area contributed by atoms with Gasteiger partial charge < -0.3 is 9.64 Å². The van der Waals surface area contributed by atoms with Crippen molar-refractivity contribution >= 4 is 17.7 Å². The average Bonchev–Trinajstić information content (AvgIpc) is 2.53. The molecule has 0 radical (unpaired) electrons. The maximum atomic E-state index is 12.3. The van der Waals surface area contributed by atoms with E-state index in [0.717, 1.165) is 11.1 Å². The van der Waals surface area contributed by atoms with Crippen LogP contribution in [0.3, 0.4) is 0 Å². The number of nitrogens with zero attached hydrogens (tertiary/aromatic N) is 1. The van der Waals surface area contributed by atoms with Gasteiger partial charge in [0, 0.05) is 13.0 Å². The minimum absolute atomic E-state index is 0.0100. The summed E-state index contributed by atoms with van der Waals surface area (Å²) in [6, 6.07) is 7.97. The first-order valence-corrected chi connectivity index (χ1v) is 8.04. The van der Waals surface area contributed by atoms with Gasteiger partial charge in [-0.25, -0.2) is 0 Å². The Morgan fingerprint density at radius 1 is 1.30 bits per heavy atom. The van der Waals surface area contributed by atoms with Gasteiger partial charge in [0.25, 0.3) is 0 Å². The lowest BCUT2D eigenvalue weighted by atomic mass is 9.95. The van der Waals surface area contributed by atoms with Crippen LogP contribution in [0, 0.1) is 12.8 Å². The molecule has 5 heteroatoms. The van der Waals surface area contributed by atoms with Gasteiger partial charge in [0.05, 0.1) is 13.2 Å². The van der Waals surface area contributed by atoms with Crippen molar-refractivity contribution in [3.8, 4) is 0 Å². The third kappa shape index (κ3) is 4.41. The number of carbonyl (C=O) groups excluding carboxylic acids is 3. The Labute approximate surface area is 136 Å². The van der Waals surface area contributed by atoms with E-state index < -0.39 is 11.9 Å². The lowest BCUT2D eigenvalue weighted by Gasteiger charge is -2.30. The van der Waals surface area contributed by atoms with Crippen LogP contribution < -0.4 is 0 Å². The number of rotatable bonds is 5. The van der Waals surface area contributed by atoms with Crippen molar-refractivity contribution in [1.82, 2.24) is 4.90 Å². The summed E-state index contributed by atoms with van der Waals surface area (Å²) in [5, 5.41) is 0. The highest BCUT2D eigenvalue weighted by Gasteiger charge is 2.34. The summed E-state index contributed by atoms with van der Waals surface area (Å²) in [7, 11) is 0. The summed E-state index contributed by atoms with van der Waals surface area (Å²) >= 11 is 0. The van der Waals surface area contributed by atoms with Crippen LogP contribution >= 0.6 is 0 Å². The van der Waals surface area contributed by atoms with Crippen LogP contribution in [0.1, 0.15) is 30.9 Å². The first kappa shape index (κ1) is 17.2. The van der Waals surface area contributed by atoms with Crippen molar-refractivity contribution < 1.29 is 19.1 Å². The normalized spacial score (nSPS) is 17.9. The van der Waals surface area contributed by atoms with E-state index in [0.29, 0.717) is 25.8 Å². The number of carbonyl (C=O) groups is 3. The lowest BCUT2D eigenvalue weighted by molar-refractivity contribution is -0.156. The molecule has 23 heavy (non-hydrogen) atoms. The number of ether oxygens (including phenoxy) is 1. The Morgan fingerprint density at radius 2 is 2.04 bits per heavy atom. The van der Waals surface area contributed by atoms with E-state index in [-0.39, 0.29) is 24.8 Å². The molecule has 0 aromatic heterocycles. The standard InChI is InChI=1S/C18H23NO4/c1-3-23-18(22)15-10-11-19(12-16(15)20)17(21)9-8-14-7-5-4-6-13(14)2/h4-7,15H,3,8-12H2,1-2H3. The summed E-state index contributed by atoms with van der Waals surface area (Å²) in [4.78, 5) is 37.6. The zero-order valence-electron chi connectivity index (χ0n) is 13.7. The maximum Gasteiger partial charge on any atom is 0.316 e. The molecule has 0 bridgehead atoms. The van der Waals surface area contributed by atoms with E-state index in [1.165, 1.54) is 0 Å². The molecule has 1 aromatic carbocycles. The van der Waals surface area contributed by atoms with Crippen molar-refractivity contribution in [3.05, 3.63) is 35.4 Å². The smallest absolute Gasteiger partial charge is 0.316 e. The van der Waals surface area contributed by atoms with E-state index >= 15 is 0 Å². The van der Waals surface area contributed by atoms with E-state index in [4.69, 9.17) is 4.74 Å². The number of Topliss-reactive ketones (excluding diaryl/α,β-unsaturated/α-hetero) is 1. The summed E-state index contributed by atoms with van der Waals surface area (Å²) in [5.41, 5.74) is 2.31. The van der Waals surface area contributed by atoms with Crippen molar-refractivity contribution in [1.29, 1.82) is 0 Å².